The molecular weight excluding hydrogens is 466 g/mol. The molecule has 3 aromatic rings. The molecule has 0 fully saturated rings. The highest BCUT2D eigenvalue weighted by molar-refractivity contribution is 7.22. The van der Waals surface area contributed by atoms with E-state index in [2.05, 4.69) is 51.7 Å². The van der Waals surface area contributed by atoms with Gasteiger partial charge in [0.25, 0.3) is 5.91 Å². The third-order valence-corrected chi connectivity index (χ3v) is 7.15. The van der Waals surface area contributed by atoms with Gasteiger partial charge in [0.05, 0.1) is 16.8 Å². The molecule has 1 amide bonds. The number of halogens is 1. The first-order chi connectivity index (χ1) is 16.0. The van der Waals surface area contributed by atoms with Crippen LogP contribution in [-0.2, 0) is 0 Å². The fraction of sp³-hybridized carbons (Fsp3) is 0.481. The van der Waals surface area contributed by atoms with Crippen molar-refractivity contribution in [3.63, 3.8) is 0 Å². The van der Waals surface area contributed by atoms with Crippen molar-refractivity contribution in [2.24, 2.45) is 0 Å². The molecule has 5 nitrogen and oxygen atoms in total. The average Bonchev–Trinajstić information content (AvgIpc) is 3.23. The van der Waals surface area contributed by atoms with E-state index in [0.29, 0.717) is 18.7 Å². The van der Waals surface area contributed by atoms with Crippen molar-refractivity contribution in [3.8, 4) is 5.75 Å². The van der Waals surface area contributed by atoms with Gasteiger partial charge in [0.15, 0.2) is 5.13 Å². The summed E-state index contributed by atoms with van der Waals surface area (Å²) in [4.78, 5) is 22.8. The lowest BCUT2D eigenvalue weighted by molar-refractivity contribution is 0.0983. The molecule has 0 unspecified atom stereocenters. The number of nitrogens with zero attached hydrogens (tertiary/aromatic N) is 3. The van der Waals surface area contributed by atoms with Gasteiger partial charge in [-0.2, -0.15) is 0 Å². The monoisotopic (exact) mass is 503 g/mol. The topological polar surface area (TPSA) is 45.7 Å². The summed E-state index contributed by atoms with van der Waals surface area (Å²) in [6, 6.07) is 11.8. The summed E-state index contributed by atoms with van der Waals surface area (Å²) >= 11 is 1.60. The first-order valence-electron chi connectivity index (χ1n) is 12.1. The average molecular weight is 504 g/mol. The normalized spacial score (nSPS) is 11.0. The first-order valence-corrected chi connectivity index (χ1v) is 12.9. The molecule has 0 aliphatic heterocycles. The van der Waals surface area contributed by atoms with E-state index in [1.165, 1.54) is 11.1 Å². The van der Waals surface area contributed by atoms with Gasteiger partial charge in [-0.25, -0.2) is 4.98 Å². The van der Waals surface area contributed by atoms with Crippen LogP contribution in [0.1, 0.15) is 61.5 Å². The van der Waals surface area contributed by atoms with Gasteiger partial charge in [-0.05, 0) is 68.8 Å². The molecule has 0 atom stereocenters. The van der Waals surface area contributed by atoms with Gasteiger partial charge in [-0.3, -0.25) is 9.69 Å². The number of hydrogen-bond acceptors (Lipinski definition) is 5. The van der Waals surface area contributed by atoms with E-state index in [0.717, 1.165) is 60.0 Å². The smallest absolute Gasteiger partial charge is 0.260 e. The molecule has 0 aliphatic carbocycles. The third-order valence-electron chi connectivity index (χ3n) is 5.92. The lowest BCUT2D eigenvalue weighted by Crippen LogP contribution is -2.38. The van der Waals surface area contributed by atoms with Gasteiger partial charge in [0.2, 0.25) is 0 Å². The Morgan fingerprint density at radius 2 is 1.79 bits per heavy atom. The maximum Gasteiger partial charge on any atom is 0.260 e. The minimum atomic E-state index is -0.0328. The maximum absolute atomic E-state index is 13.7. The standard InChI is InChI=1S/C27H37N3O2S.ClH/c1-6-9-10-16-32-23-13-11-12-22(19-23)26(31)30(15-14-29(7-2)8-3)27-28-24-18-20(4)17-21(5)25(24)33-27;/h11-13,17-19H,6-10,14-16H2,1-5H3;1H. The van der Waals surface area contributed by atoms with E-state index in [-0.39, 0.29) is 18.3 Å². The highest BCUT2D eigenvalue weighted by Gasteiger charge is 2.23. The molecule has 0 aliphatic rings. The molecule has 34 heavy (non-hydrogen) atoms. The van der Waals surface area contributed by atoms with Crippen molar-refractivity contribution in [2.75, 3.05) is 37.7 Å². The van der Waals surface area contributed by atoms with Gasteiger partial charge in [0.1, 0.15) is 5.75 Å². The predicted octanol–water partition coefficient (Wildman–Crippen LogP) is 6.89. The van der Waals surface area contributed by atoms with Gasteiger partial charge < -0.3 is 9.64 Å². The Labute approximate surface area is 214 Å². The SMILES string of the molecule is CCCCCOc1cccc(C(=O)N(CCN(CC)CC)c2nc3cc(C)cc(C)c3s2)c1.Cl. The number of likely N-dealkylation sites (N-methyl/N-ethyl adjacent to an activating group) is 1. The van der Waals surface area contributed by atoms with E-state index >= 15 is 0 Å². The number of aromatic nitrogens is 1. The number of aryl methyl sites for hydroxylation is 2. The zero-order valence-corrected chi connectivity index (χ0v) is 22.7. The van der Waals surface area contributed by atoms with Crippen molar-refractivity contribution in [1.82, 2.24) is 9.88 Å². The van der Waals surface area contributed by atoms with Crippen molar-refractivity contribution in [1.29, 1.82) is 0 Å². The van der Waals surface area contributed by atoms with Crippen molar-refractivity contribution in [2.45, 2.75) is 53.9 Å². The van der Waals surface area contributed by atoms with Crippen LogP contribution < -0.4 is 9.64 Å². The molecule has 0 bridgehead atoms. The van der Waals surface area contributed by atoms with Crippen LogP contribution in [0.4, 0.5) is 5.13 Å². The fourth-order valence-electron chi connectivity index (χ4n) is 3.96. The Kier molecular flexibility index (Phi) is 11.3. The van der Waals surface area contributed by atoms with Crippen molar-refractivity contribution in [3.05, 3.63) is 53.1 Å². The molecule has 0 radical (unpaired) electrons. The van der Waals surface area contributed by atoms with Gasteiger partial charge in [-0.1, -0.05) is 57.1 Å². The molecule has 0 spiro atoms. The summed E-state index contributed by atoms with van der Waals surface area (Å²) in [7, 11) is 0. The second kappa shape index (κ2) is 13.7. The maximum atomic E-state index is 13.7. The van der Waals surface area contributed by atoms with Gasteiger partial charge in [0, 0.05) is 18.7 Å². The second-order valence-electron chi connectivity index (χ2n) is 8.49. The molecule has 0 N–H and O–H groups in total. The summed E-state index contributed by atoms with van der Waals surface area (Å²) in [5.74, 6) is 0.714. The summed E-state index contributed by atoms with van der Waals surface area (Å²) in [5.41, 5.74) is 3.98. The minimum absolute atomic E-state index is 0. The summed E-state index contributed by atoms with van der Waals surface area (Å²) in [5, 5.41) is 0.755. The lowest BCUT2D eigenvalue weighted by atomic mass is 10.1. The highest BCUT2D eigenvalue weighted by Crippen LogP contribution is 2.33. The van der Waals surface area contributed by atoms with Gasteiger partial charge >= 0.3 is 0 Å². The third kappa shape index (κ3) is 7.17. The zero-order valence-electron chi connectivity index (χ0n) is 21.1. The number of ether oxygens (including phenoxy) is 1. The quantitative estimate of drug-likeness (QED) is 0.252. The number of carbonyl (C=O) groups is 1. The van der Waals surface area contributed by atoms with Crippen molar-refractivity contribution < 1.29 is 9.53 Å². The Balaban J connectivity index is 0.00000408. The molecule has 0 saturated carbocycles. The zero-order chi connectivity index (χ0) is 23.8. The number of anilines is 1. The number of benzene rings is 2. The van der Waals surface area contributed by atoms with Crippen LogP contribution in [0.5, 0.6) is 5.75 Å². The molecule has 1 heterocycles. The molecule has 0 saturated heterocycles. The summed E-state index contributed by atoms with van der Waals surface area (Å²) in [6.45, 7) is 14.7. The minimum Gasteiger partial charge on any atom is -0.494 e. The first kappa shape index (κ1) is 28.1. The van der Waals surface area contributed by atoms with Gasteiger partial charge in [-0.15, -0.1) is 12.4 Å². The van der Waals surface area contributed by atoms with E-state index in [4.69, 9.17) is 9.72 Å². The van der Waals surface area contributed by atoms with Crippen LogP contribution >= 0.6 is 23.7 Å². The Morgan fingerprint density at radius 3 is 2.50 bits per heavy atom. The van der Waals surface area contributed by atoms with Crippen LogP contribution in [0.2, 0.25) is 0 Å². The van der Waals surface area contributed by atoms with E-state index in [1.807, 2.05) is 29.2 Å². The van der Waals surface area contributed by atoms with Crippen LogP contribution in [0, 0.1) is 13.8 Å². The van der Waals surface area contributed by atoms with Crippen LogP contribution in [0.25, 0.3) is 10.2 Å². The van der Waals surface area contributed by atoms with E-state index < -0.39 is 0 Å². The fourth-order valence-corrected chi connectivity index (χ4v) is 5.00. The molecule has 7 heteroatoms. The largest absolute Gasteiger partial charge is 0.494 e. The number of amides is 1. The van der Waals surface area contributed by atoms with Crippen molar-refractivity contribution >= 4 is 45.0 Å². The molecule has 3 rings (SSSR count). The summed E-state index contributed by atoms with van der Waals surface area (Å²) in [6.07, 6.45) is 3.33. The number of fused-ring (bicyclic) bond motifs is 1. The highest BCUT2D eigenvalue weighted by atomic mass is 35.5. The Bertz CT molecular complexity index is 1070. The molecule has 1 aromatic heterocycles. The molecule has 186 valence electrons. The number of thiazole rings is 1. The molecular formula is C27H38ClN3O2S. The predicted molar refractivity (Wildman–Crippen MR) is 147 cm³/mol. The lowest BCUT2D eigenvalue weighted by Gasteiger charge is -2.25. The number of hydrogen-bond donors (Lipinski definition) is 0. The van der Waals surface area contributed by atoms with Crippen LogP contribution in [-0.4, -0.2) is 48.6 Å². The Morgan fingerprint density at radius 1 is 1.03 bits per heavy atom. The van der Waals surface area contributed by atoms with Crippen LogP contribution in [0.3, 0.4) is 0 Å². The summed E-state index contributed by atoms with van der Waals surface area (Å²) < 4.78 is 7.05. The number of unbranched alkanes of at least 4 members (excludes halogenated alkanes) is 2. The number of carbonyl (C=O) groups excluding carboxylic acids is 1. The van der Waals surface area contributed by atoms with E-state index in [1.54, 1.807) is 11.3 Å². The molecule has 2 aromatic carbocycles. The van der Waals surface area contributed by atoms with Crippen LogP contribution in [0.15, 0.2) is 36.4 Å². The number of rotatable bonds is 12. The van der Waals surface area contributed by atoms with E-state index in [9.17, 15) is 4.79 Å². The Hall–Kier alpha value is -2.15. The second-order valence-corrected chi connectivity index (χ2v) is 9.47.